The number of rotatable bonds is 7. The summed E-state index contributed by atoms with van der Waals surface area (Å²) >= 11 is 0. The average Bonchev–Trinajstić information content (AvgIpc) is 2.77. The molecule has 0 atom stereocenters. The van der Waals surface area contributed by atoms with Gasteiger partial charge in [0.25, 0.3) is 5.91 Å². The zero-order valence-corrected chi connectivity index (χ0v) is 16.1. The number of hydrogen-bond donors (Lipinski definition) is 2. The molecule has 148 valence electrons. The van der Waals surface area contributed by atoms with Gasteiger partial charge >= 0.3 is 5.97 Å². The van der Waals surface area contributed by atoms with Gasteiger partial charge in [0, 0.05) is 30.2 Å². The summed E-state index contributed by atoms with van der Waals surface area (Å²) in [7, 11) is 2.93. The van der Waals surface area contributed by atoms with E-state index in [9.17, 15) is 9.59 Å². The molecule has 1 heterocycles. The largest absolute Gasteiger partial charge is 0.496 e. The maximum absolute atomic E-state index is 12.6. The maximum atomic E-state index is 12.6. The molecule has 0 unspecified atom stereocenters. The molecular formula is C22H21N3O4. The van der Waals surface area contributed by atoms with E-state index >= 15 is 0 Å². The average molecular weight is 391 g/mol. The lowest BCUT2D eigenvalue weighted by Gasteiger charge is -2.11. The summed E-state index contributed by atoms with van der Waals surface area (Å²) in [6, 6.07) is 15.9. The van der Waals surface area contributed by atoms with Crippen LogP contribution in [0, 0.1) is 0 Å². The molecule has 0 aliphatic heterocycles. The van der Waals surface area contributed by atoms with E-state index in [1.165, 1.54) is 13.3 Å². The quantitative estimate of drug-likeness (QED) is 0.597. The first-order valence-electron chi connectivity index (χ1n) is 8.91. The minimum absolute atomic E-state index is 0.333. The van der Waals surface area contributed by atoms with Gasteiger partial charge in [-0.15, -0.1) is 0 Å². The number of benzene rings is 2. The van der Waals surface area contributed by atoms with Gasteiger partial charge in [0.05, 0.1) is 31.0 Å². The first kappa shape index (κ1) is 19.9. The lowest BCUT2D eigenvalue weighted by molar-refractivity contribution is 0.0600. The fourth-order valence-electron chi connectivity index (χ4n) is 2.75. The fourth-order valence-corrected chi connectivity index (χ4v) is 2.75. The molecule has 1 amide bonds. The van der Waals surface area contributed by atoms with Crippen molar-refractivity contribution >= 4 is 23.3 Å². The van der Waals surface area contributed by atoms with E-state index in [4.69, 9.17) is 9.47 Å². The van der Waals surface area contributed by atoms with Gasteiger partial charge in [0.2, 0.25) is 0 Å². The van der Waals surface area contributed by atoms with Crippen molar-refractivity contribution in [2.24, 2.45) is 0 Å². The third kappa shape index (κ3) is 5.10. The van der Waals surface area contributed by atoms with E-state index in [-0.39, 0.29) is 5.91 Å². The summed E-state index contributed by atoms with van der Waals surface area (Å²) in [5, 5.41) is 6.01. The second-order valence-electron chi connectivity index (χ2n) is 6.15. The Morgan fingerprint density at radius 2 is 1.72 bits per heavy atom. The van der Waals surface area contributed by atoms with Crippen molar-refractivity contribution in [3.8, 4) is 5.75 Å². The zero-order chi connectivity index (χ0) is 20.6. The number of anilines is 2. The van der Waals surface area contributed by atoms with Crippen molar-refractivity contribution in [3.63, 3.8) is 0 Å². The van der Waals surface area contributed by atoms with Crippen LogP contribution >= 0.6 is 0 Å². The third-order valence-electron chi connectivity index (χ3n) is 4.22. The molecule has 0 bridgehead atoms. The highest BCUT2D eigenvalue weighted by Gasteiger charge is 2.11. The minimum Gasteiger partial charge on any atom is -0.496 e. The lowest BCUT2D eigenvalue weighted by atomic mass is 10.2. The Morgan fingerprint density at radius 1 is 0.931 bits per heavy atom. The number of pyridine rings is 1. The van der Waals surface area contributed by atoms with E-state index in [1.54, 1.807) is 43.6 Å². The zero-order valence-electron chi connectivity index (χ0n) is 16.1. The predicted molar refractivity (Wildman–Crippen MR) is 110 cm³/mol. The van der Waals surface area contributed by atoms with E-state index in [0.29, 0.717) is 29.0 Å². The Hall–Kier alpha value is -3.87. The molecule has 0 spiro atoms. The van der Waals surface area contributed by atoms with Gasteiger partial charge < -0.3 is 20.1 Å². The molecule has 3 rings (SSSR count). The van der Waals surface area contributed by atoms with Crippen LogP contribution in [-0.4, -0.2) is 31.1 Å². The molecular weight excluding hydrogens is 370 g/mol. The number of methoxy groups -OCH3 is 2. The van der Waals surface area contributed by atoms with Crippen LogP contribution in [0.25, 0.3) is 0 Å². The van der Waals surface area contributed by atoms with Gasteiger partial charge in [-0.25, -0.2) is 4.79 Å². The molecule has 0 saturated heterocycles. The van der Waals surface area contributed by atoms with Gasteiger partial charge in [-0.1, -0.05) is 24.3 Å². The van der Waals surface area contributed by atoms with Crippen LogP contribution in [0.2, 0.25) is 0 Å². The Morgan fingerprint density at radius 3 is 2.52 bits per heavy atom. The van der Waals surface area contributed by atoms with Gasteiger partial charge in [-0.2, -0.15) is 0 Å². The van der Waals surface area contributed by atoms with Crippen LogP contribution < -0.4 is 15.4 Å². The second-order valence-corrected chi connectivity index (χ2v) is 6.15. The SMILES string of the molecule is COC(=O)c1cccc(NC(=O)c2cncc(NCc3ccccc3OC)c2)c1. The second kappa shape index (κ2) is 9.36. The van der Waals surface area contributed by atoms with Crippen molar-refractivity contribution in [2.45, 2.75) is 6.54 Å². The van der Waals surface area contributed by atoms with E-state index < -0.39 is 5.97 Å². The highest BCUT2D eigenvalue weighted by molar-refractivity contribution is 6.05. The summed E-state index contributed by atoms with van der Waals surface area (Å²) < 4.78 is 10.0. The van der Waals surface area contributed by atoms with Crippen molar-refractivity contribution < 1.29 is 19.1 Å². The number of esters is 1. The Labute approximate surface area is 168 Å². The lowest BCUT2D eigenvalue weighted by Crippen LogP contribution is -2.13. The highest BCUT2D eigenvalue weighted by atomic mass is 16.5. The van der Waals surface area contributed by atoms with Gasteiger partial charge in [-0.3, -0.25) is 9.78 Å². The summed E-state index contributed by atoms with van der Waals surface area (Å²) in [6.45, 7) is 0.526. The van der Waals surface area contributed by atoms with Crippen molar-refractivity contribution in [3.05, 3.63) is 83.7 Å². The summed E-state index contributed by atoms with van der Waals surface area (Å²) in [5.41, 5.74) is 2.93. The number of ether oxygens (including phenoxy) is 2. The number of aromatic nitrogens is 1. The van der Waals surface area contributed by atoms with Crippen molar-refractivity contribution in [2.75, 3.05) is 24.9 Å². The van der Waals surface area contributed by atoms with Crippen molar-refractivity contribution in [1.82, 2.24) is 4.98 Å². The maximum Gasteiger partial charge on any atom is 0.337 e. The Kier molecular flexibility index (Phi) is 6.42. The number of nitrogens with one attached hydrogen (secondary N) is 2. The molecule has 0 saturated carbocycles. The number of nitrogens with zero attached hydrogens (tertiary/aromatic N) is 1. The number of para-hydroxylation sites is 1. The fraction of sp³-hybridized carbons (Fsp3) is 0.136. The molecule has 2 aromatic carbocycles. The standard InChI is InChI=1S/C22H21N3O4/c1-28-20-9-4-3-6-16(20)13-24-19-11-17(12-23-14-19)21(26)25-18-8-5-7-15(10-18)22(27)29-2/h3-12,14,24H,13H2,1-2H3,(H,25,26). The van der Waals surface area contributed by atoms with Gasteiger partial charge in [0.15, 0.2) is 0 Å². The van der Waals surface area contributed by atoms with Crippen LogP contribution in [0.1, 0.15) is 26.3 Å². The number of amides is 1. The molecule has 29 heavy (non-hydrogen) atoms. The summed E-state index contributed by atoms with van der Waals surface area (Å²) in [4.78, 5) is 28.3. The molecule has 7 heteroatoms. The molecule has 2 N–H and O–H groups in total. The normalized spacial score (nSPS) is 10.1. The number of carbonyl (C=O) groups excluding carboxylic acids is 2. The molecule has 0 fully saturated rings. The van der Waals surface area contributed by atoms with E-state index in [0.717, 1.165) is 11.3 Å². The van der Waals surface area contributed by atoms with Crippen LogP contribution in [-0.2, 0) is 11.3 Å². The van der Waals surface area contributed by atoms with Crippen LogP contribution in [0.15, 0.2) is 67.0 Å². The summed E-state index contributed by atoms with van der Waals surface area (Å²) in [5.74, 6) is -0.0156. The van der Waals surface area contributed by atoms with Crippen molar-refractivity contribution in [1.29, 1.82) is 0 Å². The molecule has 7 nitrogen and oxygen atoms in total. The molecule has 1 aromatic heterocycles. The summed E-state index contributed by atoms with van der Waals surface area (Å²) in [6.07, 6.45) is 3.12. The molecule has 3 aromatic rings. The van der Waals surface area contributed by atoms with E-state index in [2.05, 4.69) is 15.6 Å². The number of carbonyl (C=O) groups is 2. The molecule has 0 aliphatic carbocycles. The topological polar surface area (TPSA) is 89.5 Å². The predicted octanol–water partition coefficient (Wildman–Crippen LogP) is 3.74. The number of hydrogen-bond acceptors (Lipinski definition) is 6. The van der Waals surface area contributed by atoms with Crippen LogP contribution in [0.5, 0.6) is 5.75 Å². The smallest absolute Gasteiger partial charge is 0.337 e. The van der Waals surface area contributed by atoms with Gasteiger partial charge in [-0.05, 0) is 30.3 Å². The Bertz CT molecular complexity index is 1020. The van der Waals surface area contributed by atoms with Gasteiger partial charge in [0.1, 0.15) is 5.75 Å². The monoisotopic (exact) mass is 391 g/mol. The highest BCUT2D eigenvalue weighted by Crippen LogP contribution is 2.19. The van der Waals surface area contributed by atoms with Crippen LogP contribution in [0.4, 0.5) is 11.4 Å². The first-order valence-corrected chi connectivity index (χ1v) is 8.91. The van der Waals surface area contributed by atoms with E-state index in [1.807, 2.05) is 24.3 Å². The molecule has 0 radical (unpaired) electrons. The Balaban J connectivity index is 1.69. The minimum atomic E-state index is -0.467. The first-order chi connectivity index (χ1) is 14.1. The molecule has 0 aliphatic rings. The van der Waals surface area contributed by atoms with Crippen LogP contribution in [0.3, 0.4) is 0 Å². The third-order valence-corrected chi connectivity index (χ3v) is 4.22.